The maximum Gasteiger partial charge on any atom is 0.229 e. The molecular formula is C16H23N3OS4. The first-order valence-electron chi connectivity index (χ1n) is 8.76. The average molecular weight is 402 g/mol. The highest BCUT2D eigenvalue weighted by atomic mass is 32.2. The number of thioether (sulfide) groups is 3. The van der Waals surface area contributed by atoms with Gasteiger partial charge in [-0.3, -0.25) is 4.79 Å². The lowest BCUT2D eigenvalue weighted by molar-refractivity contribution is -0.122. The van der Waals surface area contributed by atoms with Crippen molar-refractivity contribution in [3.05, 3.63) is 0 Å². The lowest BCUT2D eigenvalue weighted by Crippen LogP contribution is -2.48. The Labute approximate surface area is 160 Å². The Morgan fingerprint density at radius 1 is 1.25 bits per heavy atom. The van der Waals surface area contributed by atoms with Crippen LogP contribution < -0.4 is 5.32 Å². The number of nitrogens with one attached hydrogen (secondary N) is 1. The van der Waals surface area contributed by atoms with Crippen LogP contribution in [0.5, 0.6) is 0 Å². The molecule has 4 rings (SSSR count). The van der Waals surface area contributed by atoms with Crippen LogP contribution in [0.2, 0.25) is 0 Å². The smallest absolute Gasteiger partial charge is 0.229 e. The fourth-order valence-corrected chi connectivity index (χ4v) is 10.1. The maximum absolute atomic E-state index is 12.8. The van der Waals surface area contributed by atoms with E-state index < -0.39 is 0 Å². The highest BCUT2D eigenvalue weighted by molar-refractivity contribution is 8.21. The molecule has 24 heavy (non-hydrogen) atoms. The Morgan fingerprint density at radius 2 is 1.96 bits per heavy atom. The largest absolute Gasteiger partial charge is 0.300 e. The number of amides is 1. The second kappa shape index (κ2) is 7.37. The molecule has 1 spiro atoms. The van der Waals surface area contributed by atoms with Gasteiger partial charge < -0.3 is 5.32 Å². The third-order valence-electron chi connectivity index (χ3n) is 5.40. The summed E-state index contributed by atoms with van der Waals surface area (Å²) in [7, 11) is 0. The van der Waals surface area contributed by atoms with E-state index in [2.05, 4.69) is 46.0 Å². The number of aromatic nitrogens is 2. The molecular weight excluding hydrogens is 378 g/mol. The van der Waals surface area contributed by atoms with Crippen molar-refractivity contribution in [1.29, 1.82) is 0 Å². The number of anilines is 1. The third-order valence-corrected chi connectivity index (χ3v) is 11.3. The van der Waals surface area contributed by atoms with Gasteiger partial charge in [0.15, 0.2) is 4.34 Å². The molecule has 3 atom stereocenters. The highest BCUT2D eigenvalue weighted by Crippen LogP contribution is 2.64. The van der Waals surface area contributed by atoms with E-state index in [9.17, 15) is 4.79 Å². The van der Waals surface area contributed by atoms with Crippen molar-refractivity contribution in [2.45, 2.75) is 47.4 Å². The van der Waals surface area contributed by atoms with E-state index in [1.165, 1.54) is 42.1 Å². The molecule has 0 aromatic carbocycles. The van der Waals surface area contributed by atoms with Gasteiger partial charge in [0, 0.05) is 17.4 Å². The van der Waals surface area contributed by atoms with E-state index in [0.29, 0.717) is 21.0 Å². The van der Waals surface area contributed by atoms with Crippen molar-refractivity contribution < 1.29 is 4.79 Å². The molecule has 1 aliphatic heterocycles. The van der Waals surface area contributed by atoms with Gasteiger partial charge in [-0.15, -0.1) is 33.7 Å². The SMILES string of the molecule is CCSc1nnc(NC(=O)C2C[C@H]3CCC[C@@H](C2)C32SCCS2)s1. The molecule has 1 N–H and O–H groups in total. The molecule has 2 saturated carbocycles. The summed E-state index contributed by atoms with van der Waals surface area (Å²) in [6.07, 6.45) is 6.06. The zero-order valence-corrected chi connectivity index (χ0v) is 17.1. The van der Waals surface area contributed by atoms with Crippen molar-refractivity contribution in [2.24, 2.45) is 17.8 Å². The quantitative estimate of drug-likeness (QED) is 0.588. The maximum atomic E-state index is 12.8. The van der Waals surface area contributed by atoms with Crippen LogP contribution in [0, 0.1) is 17.8 Å². The molecule has 8 heteroatoms. The molecule has 3 aliphatic rings. The first-order valence-corrected chi connectivity index (χ1v) is 12.5. The second-order valence-corrected chi connectivity index (χ2v) is 12.2. The molecule has 1 saturated heterocycles. The van der Waals surface area contributed by atoms with Crippen LogP contribution in [-0.2, 0) is 4.79 Å². The highest BCUT2D eigenvalue weighted by Gasteiger charge is 2.55. The second-order valence-electron chi connectivity index (χ2n) is 6.71. The minimum Gasteiger partial charge on any atom is -0.300 e. The zero-order chi connectivity index (χ0) is 16.6. The molecule has 1 amide bonds. The predicted molar refractivity (Wildman–Crippen MR) is 106 cm³/mol. The van der Waals surface area contributed by atoms with E-state index in [4.69, 9.17) is 0 Å². The fourth-order valence-electron chi connectivity index (χ4n) is 4.47. The summed E-state index contributed by atoms with van der Waals surface area (Å²) in [5.74, 6) is 5.29. The number of carbonyl (C=O) groups is 1. The van der Waals surface area contributed by atoms with E-state index in [-0.39, 0.29) is 11.8 Å². The Balaban J connectivity index is 1.42. The first kappa shape index (κ1) is 17.5. The monoisotopic (exact) mass is 401 g/mol. The molecule has 3 fully saturated rings. The summed E-state index contributed by atoms with van der Waals surface area (Å²) >= 11 is 7.55. The van der Waals surface area contributed by atoms with Gasteiger partial charge >= 0.3 is 0 Å². The molecule has 0 radical (unpaired) electrons. The van der Waals surface area contributed by atoms with E-state index in [1.54, 1.807) is 11.8 Å². The Hall–Kier alpha value is 0.0800. The Morgan fingerprint density at radius 3 is 2.62 bits per heavy atom. The fraction of sp³-hybridized carbons (Fsp3) is 0.812. The summed E-state index contributed by atoms with van der Waals surface area (Å²) < 4.78 is 1.37. The van der Waals surface area contributed by atoms with Crippen LogP contribution in [0.15, 0.2) is 4.34 Å². The first-order chi connectivity index (χ1) is 11.7. The summed E-state index contributed by atoms with van der Waals surface area (Å²) in [5.41, 5.74) is 0. The van der Waals surface area contributed by atoms with Gasteiger partial charge in [0.1, 0.15) is 0 Å². The number of rotatable bonds is 4. The Bertz CT molecular complexity index is 586. The van der Waals surface area contributed by atoms with Crippen LogP contribution in [0.4, 0.5) is 5.13 Å². The van der Waals surface area contributed by atoms with Crippen LogP contribution >= 0.6 is 46.6 Å². The van der Waals surface area contributed by atoms with Crippen LogP contribution in [0.25, 0.3) is 0 Å². The molecule has 132 valence electrons. The van der Waals surface area contributed by atoms with Crippen molar-refractivity contribution in [3.8, 4) is 0 Å². The zero-order valence-electron chi connectivity index (χ0n) is 13.8. The summed E-state index contributed by atoms with van der Waals surface area (Å²) in [5, 5.41) is 11.9. The summed E-state index contributed by atoms with van der Waals surface area (Å²) in [6, 6.07) is 0. The lowest BCUT2D eigenvalue weighted by atomic mass is 9.67. The average Bonchev–Trinajstić information content (AvgIpc) is 3.18. The molecule has 1 aromatic rings. The van der Waals surface area contributed by atoms with E-state index in [1.807, 2.05) is 0 Å². The number of hydrogen-bond acceptors (Lipinski definition) is 7. The van der Waals surface area contributed by atoms with Gasteiger partial charge in [0.05, 0.1) is 4.08 Å². The van der Waals surface area contributed by atoms with Crippen LogP contribution in [0.3, 0.4) is 0 Å². The van der Waals surface area contributed by atoms with Crippen molar-refractivity contribution in [2.75, 3.05) is 22.6 Å². The predicted octanol–water partition coefficient (Wildman–Crippen LogP) is 4.59. The molecule has 1 aromatic heterocycles. The van der Waals surface area contributed by atoms with Gasteiger partial charge in [-0.25, -0.2) is 0 Å². The molecule has 1 unspecified atom stereocenters. The van der Waals surface area contributed by atoms with Crippen molar-refractivity contribution in [1.82, 2.24) is 10.2 Å². The summed E-state index contributed by atoms with van der Waals surface area (Å²) in [6.45, 7) is 2.10. The van der Waals surface area contributed by atoms with E-state index >= 15 is 0 Å². The topological polar surface area (TPSA) is 54.9 Å². The van der Waals surface area contributed by atoms with Gasteiger partial charge in [0.2, 0.25) is 11.0 Å². The number of carbonyl (C=O) groups excluding carboxylic acids is 1. The molecule has 2 aliphatic carbocycles. The molecule has 2 heterocycles. The number of hydrogen-bond donors (Lipinski definition) is 1. The van der Waals surface area contributed by atoms with E-state index in [0.717, 1.165) is 22.9 Å². The molecule has 2 bridgehead atoms. The Kier molecular flexibility index (Phi) is 5.37. The minimum atomic E-state index is 0.152. The normalized spacial score (nSPS) is 31.3. The standard InChI is InChI=1S/C16H23N3OS4/c1-2-21-15-19-18-14(24-15)17-13(20)10-8-11-4-3-5-12(9-10)16(11)22-6-7-23-16/h10-12H,2-9H2,1H3,(H,17,18,20)/t10?,11-,12+. The minimum absolute atomic E-state index is 0.152. The van der Waals surface area contributed by atoms with Crippen LogP contribution in [0.1, 0.15) is 39.0 Å². The third kappa shape index (κ3) is 3.23. The van der Waals surface area contributed by atoms with Crippen molar-refractivity contribution >= 4 is 57.7 Å². The lowest BCUT2D eigenvalue weighted by Gasteiger charge is -2.51. The number of nitrogens with zero attached hydrogens (tertiary/aromatic N) is 2. The van der Waals surface area contributed by atoms with Gasteiger partial charge in [-0.1, -0.05) is 36.4 Å². The summed E-state index contributed by atoms with van der Waals surface area (Å²) in [4.78, 5) is 12.8. The van der Waals surface area contributed by atoms with Crippen LogP contribution in [-0.4, -0.2) is 37.4 Å². The molecule has 4 nitrogen and oxygen atoms in total. The van der Waals surface area contributed by atoms with Gasteiger partial charge in [-0.05, 0) is 43.3 Å². The van der Waals surface area contributed by atoms with Gasteiger partial charge in [0.25, 0.3) is 0 Å². The van der Waals surface area contributed by atoms with Gasteiger partial charge in [-0.2, -0.15) is 0 Å². The van der Waals surface area contributed by atoms with Crippen molar-refractivity contribution in [3.63, 3.8) is 0 Å².